The lowest BCUT2D eigenvalue weighted by molar-refractivity contribution is -0.135. The fourth-order valence-electron chi connectivity index (χ4n) is 5.55. The van der Waals surface area contributed by atoms with Crippen LogP contribution in [0.1, 0.15) is 73.5 Å². The molecule has 0 radical (unpaired) electrons. The number of hydrogen-bond acceptors (Lipinski definition) is 7. The Morgan fingerprint density at radius 3 is 2.15 bits per heavy atom. The van der Waals surface area contributed by atoms with Crippen LogP contribution in [0.3, 0.4) is 0 Å². The Kier molecular flexibility index (Phi) is 14.4. The molecule has 1 aromatic heterocycles. The van der Waals surface area contributed by atoms with Gasteiger partial charge in [-0.15, -0.1) is 0 Å². The first-order chi connectivity index (χ1) is 22.4. The minimum atomic E-state index is -3.86. The maximum Gasteiger partial charge on any atom is 0.252 e. The van der Waals surface area contributed by atoms with E-state index in [-0.39, 0.29) is 30.6 Å². The second kappa shape index (κ2) is 18.0. The largest absolute Gasteiger partial charge is 0.390 e. The minimum Gasteiger partial charge on any atom is -0.390 e. The van der Waals surface area contributed by atoms with Crippen LogP contribution in [-0.4, -0.2) is 71.0 Å². The molecule has 9 nitrogen and oxygen atoms in total. The topological polar surface area (TPSA) is 143 Å². The molecule has 3 aromatic rings. The van der Waals surface area contributed by atoms with Crippen molar-refractivity contribution in [2.24, 2.45) is 5.73 Å². The molecule has 2 amide bonds. The Labute approximate surface area is 276 Å². The van der Waals surface area contributed by atoms with Gasteiger partial charge >= 0.3 is 0 Å². The second-order valence-electron chi connectivity index (χ2n) is 11.9. The molecule has 1 unspecified atom stereocenters. The smallest absolute Gasteiger partial charge is 0.252 e. The molecular formula is C35H46F2N4O5S. The molecule has 256 valence electrons. The first-order valence-electron chi connectivity index (χ1n) is 16.0. The van der Waals surface area contributed by atoms with Crippen LogP contribution >= 0.6 is 0 Å². The number of aliphatic hydroxyl groups is 1. The highest BCUT2D eigenvalue weighted by molar-refractivity contribution is 7.92. The van der Waals surface area contributed by atoms with E-state index in [2.05, 4.69) is 10.3 Å². The van der Waals surface area contributed by atoms with Gasteiger partial charge < -0.3 is 21.1 Å². The molecule has 0 bridgehead atoms. The molecule has 3 atom stereocenters. The first-order valence-corrected chi connectivity index (χ1v) is 17.8. The summed E-state index contributed by atoms with van der Waals surface area (Å²) in [4.78, 5) is 32.9. The number of rotatable bonds is 18. The molecule has 0 saturated heterocycles. The summed E-state index contributed by atoms with van der Waals surface area (Å²) in [7, 11) is -3.86. The van der Waals surface area contributed by atoms with Crippen LogP contribution in [0.15, 0.2) is 67.0 Å². The summed E-state index contributed by atoms with van der Waals surface area (Å²) < 4.78 is 55.1. The number of aryl methyl sites for hydroxylation is 1. The van der Waals surface area contributed by atoms with Crippen molar-refractivity contribution >= 4 is 21.7 Å². The lowest BCUT2D eigenvalue weighted by Crippen LogP contribution is -2.55. The van der Waals surface area contributed by atoms with E-state index >= 15 is 0 Å². The Balaban J connectivity index is 1.98. The number of hydrogen-bond donors (Lipinski definition) is 3. The standard InChI is InChI=1S/C35H46F2N4O5S/c1-4-8-30(9-5-2)47(45,46)23-32(40-34(43)27-12-14-39-15-13-27)35(44)41(21-25-11-7-10-24(6-3)16-25)22-33(42)31(38)19-26-17-28(36)20-29(37)18-26/h7,10-18,20,30-33,42H,4-6,8-9,19,21-23,38H2,1-3H3,(H,40,43)/t31-,32?,33+/m0/s1. The third-order valence-corrected chi connectivity index (χ3v) is 10.3. The fourth-order valence-corrected chi connectivity index (χ4v) is 7.71. The van der Waals surface area contributed by atoms with Crippen molar-refractivity contribution in [1.82, 2.24) is 15.2 Å². The zero-order chi connectivity index (χ0) is 34.6. The maximum atomic E-state index is 14.4. The predicted molar refractivity (Wildman–Crippen MR) is 178 cm³/mol. The van der Waals surface area contributed by atoms with E-state index in [0.29, 0.717) is 25.7 Å². The van der Waals surface area contributed by atoms with Crippen LogP contribution in [0.2, 0.25) is 0 Å². The Hall–Kier alpha value is -3.74. The van der Waals surface area contributed by atoms with Crippen molar-refractivity contribution in [3.05, 3.63) is 101 Å². The van der Waals surface area contributed by atoms with E-state index < -0.39 is 62.5 Å². The monoisotopic (exact) mass is 672 g/mol. The first kappa shape index (κ1) is 37.7. The van der Waals surface area contributed by atoms with Crippen molar-refractivity contribution in [3.8, 4) is 0 Å². The number of pyridine rings is 1. The van der Waals surface area contributed by atoms with E-state index in [1.54, 1.807) is 6.07 Å². The number of sulfone groups is 1. The number of halogens is 2. The number of nitrogens with zero attached hydrogens (tertiary/aromatic N) is 2. The van der Waals surface area contributed by atoms with E-state index in [0.717, 1.165) is 35.7 Å². The average molecular weight is 673 g/mol. The van der Waals surface area contributed by atoms with E-state index in [9.17, 15) is 31.9 Å². The number of aliphatic hydroxyl groups excluding tert-OH is 1. The average Bonchev–Trinajstić information content (AvgIpc) is 3.03. The lowest BCUT2D eigenvalue weighted by atomic mass is 10.0. The predicted octanol–water partition coefficient (Wildman–Crippen LogP) is 4.36. The Morgan fingerprint density at radius 2 is 1.55 bits per heavy atom. The van der Waals surface area contributed by atoms with Crippen LogP contribution in [0.4, 0.5) is 8.78 Å². The number of nitrogens with one attached hydrogen (secondary N) is 1. The number of aromatic nitrogens is 1. The van der Waals surface area contributed by atoms with Crippen LogP contribution < -0.4 is 11.1 Å². The van der Waals surface area contributed by atoms with Crippen LogP contribution in [0, 0.1) is 11.6 Å². The van der Waals surface area contributed by atoms with Gasteiger partial charge in [0, 0.05) is 43.2 Å². The molecular weight excluding hydrogens is 626 g/mol. The SMILES string of the molecule is CCCC(CCC)S(=O)(=O)CC(NC(=O)c1ccncc1)C(=O)N(Cc1cccc(CC)c1)C[C@@H](O)[C@@H](N)Cc1cc(F)cc(F)c1. The highest BCUT2D eigenvalue weighted by atomic mass is 32.2. The molecule has 4 N–H and O–H groups in total. The maximum absolute atomic E-state index is 14.4. The van der Waals surface area contributed by atoms with Gasteiger partial charge in [0.1, 0.15) is 17.7 Å². The summed E-state index contributed by atoms with van der Waals surface area (Å²) in [5.41, 5.74) is 8.43. The molecule has 0 aliphatic heterocycles. The van der Waals surface area contributed by atoms with Crippen LogP contribution in [-0.2, 0) is 34.0 Å². The molecule has 12 heteroatoms. The van der Waals surface area contributed by atoms with Gasteiger partial charge in [0.2, 0.25) is 5.91 Å². The van der Waals surface area contributed by atoms with E-state index in [1.807, 2.05) is 39.0 Å². The highest BCUT2D eigenvalue weighted by Gasteiger charge is 2.35. The molecule has 0 spiro atoms. The summed E-state index contributed by atoms with van der Waals surface area (Å²) in [6.45, 7) is 5.42. The second-order valence-corrected chi connectivity index (χ2v) is 14.2. The summed E-state index contributed by atoms with van der Waals surface area (Å²) in [5, 5.41) is 13.1. The zero-order valence-electron chi connectivity index (χ0n) is 27.2. The minimum absolute atomic E-state index is 0.0138. The summed E-state index contributed by atoms with van der Waals surface area (Å²) in [5.74, 6) is -3.57. The zero-order valence-corrected chi connectivity index (χ0v) is 28.1. The van der Waals surface area contributed by atoms with Crippen molar-refractivity contribution in [1.29, 1.82) is 0 Å². The number of carbonyl (C=O) groups excluding carboxylic acids is 2. The summed E-state index contributed by atoms with van der Waals surface area (Å²) in [6.07, 6.45) is 4.20. The molecule has 0 aliphatic carbocycles. The van der Waals surface area contributed by atoms with Crippen LogP contribution in [0.5, 0.6) is 0 Å². The molecule has 1 heterocycles. The highest BCUT2D eigenvalue weighted by Crippen LogP contribution is 2.19. The molecule has 3 rings (SSSR count). The Morgan fingerprint density at radius 1 is 0.936 bits per heavy atom. The van der Waals surface area contributed by atoms with Gasteiger partial charge in [-0.05, 0) is 66.6 Å². The number of carbonyl (C=O) groups is 2. The normalized spacial score (nSPS) is 13.6. The van der Waals surface area contributed by atoms with Gasteiger partial charge in [0.15, 0.2) is 9.84 Å². The third kappa shape index (κ3) is 11.5. The van der Waals surface area contributed by atoms with Gasteiger partial charge in [-0.3, -0.25) is 14.6 Å². The fraction of sp³-hybridized carbons (Fsp3) is 0.457. The summed E-state index contributed by atoms with van der Waals surface area (Å²) in [6, 6.07) is 10.9. The Bertz CT molecular complexity index is 1550. The van der Waals surface area contributed by atoms with Crippen molar-refractivity contribution in [2.45, 2.75) is 89.3 Å². The molecule has 0 fully saturated rings. The van der Waals surface area contributed by atoms with Gasteiger partial charge in [0.05, 0.1) is 17.1 Å². The van der Waals surface area contributed by atoms with Crippen LogP contribution in [0.25, 0.3) is 0 Å². The number of amides is 2. The summed E-state index contributed by atoms with van der Waals surface area (Å²) >= 11 is 0. The lowest BCUT2D eigenvalue weighted by Gasteiger charge is -2.32. The van der Waals surface area contributed by atoms with Gasteiger partial charge in [-0.1, -0.05) is 57.9 Å². The number of nitrogens with two attached hydrogens (primary N) is 1. The van der Waals surface area contributed by atoms with Crippen molar-refractivity contribution in [3.63, 3.8) is 0 Å². The van der Waals surface area contributed by atoms with Crippen molar-refractivity contribution in [2.75, 3.05) is 12.3 Å². The van der Waals surface area contributed by atoms with E-state index in [1.165, 1.54) is 29.4 Å². The molecule has 47 heavy (non-hydrogen) atoms. The third-order valence-electron chi connectivity index (χ3n) is 8.05. The van der Waals surface area contributed by atoms with Gasteiger partial charge in [-0.2, -0.15) is 0 Å². The van der Waals surface area contributed by atoms with Gasteiger partial charge in [0.25, 0.3) is 5.91 Å². The molecule has 0 aliphatic rings. The van der Waals surface area contributed by atoms with E-state index in [4.69, 9.17) is 5.73 Å². The quantitative estimate of drug-likeness (QED) is 0.182. The molecule has 0 saturated carbocycles. The molecule has 2 aromatic carbocycles. The van der Waals surface area contributed by atoms with Gasteiger partial charge in [-0.25, -0.2) is 17.2 Å². The van der Waals surface area contributed by atoms with Crippen molar-refractivity contribution < 1.29 is 31.9 Å². The number of benzene rings is 2.